The molecule has 94 valence electrons. The van der Waals surface area contributed by atoms with Crippen LogP contribution in [0.2, 0.25) is 5.02 Å². The summed E-state index contributed by atoms with van der Waals surface area (Å²) >= 11 is 7.08. The van der Waals surface area contributed by atoms with E-state index in [0.717, 1.165) is 5.56 Å². The minimum atomic E-state index is -0.463. The van der Waals surface area contributed by atoms with Crippen molar-refractivity contribution in [2.45, 2.75) is 6.92 Å². The molecule has 0 spiro atoms. The predicted octanol–water partition coefficient (Wildman–Crippen LogP) is 3.22. The van der Waals surface area contributed by atoms with Crippen molar-refractivity contribution in [2.75, 3.05) is 12.3 Å². The van der Waals surface area contributed by atoms with Crippen molar-refractivity contribution in [1.82, 2.24) is 4.98 Å². The van der Waals surface area contributed by atoms with Crippen molar-refractivity contribution in [3.63, 3.8) is 0 Å². The zero-order chi connectivity index (χ0) is 13.1. The molecule has 1 aromatic heterocycles. The number of hydrogen-bond acceptors (Lipinski definition) is 5. The first-order valence-electron chi connectivity index (χ1n) is 5.31. The van der Waals surface area contributed by atoms with Crippen LogP contribution in [0.1, 0.15) is 17.4 Å². The molecule has 4 nitrogen and oxygen atoms in total. The summed E-state index contributed by atoms with van der Waals surface area (Å²) in [5.74, 6) is -0.463. The number of nitrogen functional groups attached to an aromatic ring is 1. The van der Waals surface area contributed by atoms with Gasteiger partial charge in [-0.25, -0.2) is 9.78 Å². The quantitative estimate of drug-likeness (QED) is 0.878. The van der Waals surface area contributed by atoms with Crippen LogP contribution in [-0.2, 0) is 4.74 Å². The van der Waals surface area contributed by atoms with Crippen LogP contribution in [0.4, 0.5) is 5.13 Å². The van der Waals surface area contributed by atoms with Crippen LogP contribution in [0.3, 0.4) is 0 Å². The van der Waals surface area contributed by atoms with Crippen LogP contribution in [-0.4, -0.2) is 17.6 Å². The lowest BCUT2D eigenvalue weighted by atomic mass is 10.1. The van der Waals surface area contributed by atoms with E-state index in [-0.39, 0.29) is 5.69 Å². The highest BCUT2D eigenvalue weighted by Gasteiger charge is 2.19. The summed E-state index contributed by atoms with van der Waals surface area (Å²) in [6.07, 6.45) is 0. The molecule has 2 rings (SSSR count). The van der Waals surface area contributed by atoms with E-state index < -0.39 is 5.97 Å². The summed E-state index contributed by atoms with van der Waals surface area (Å²) in [7, 11) is 0. The number of hydrogen-bond donors (Lipinski definition) is 1. The molecule has 2 N–H and O–H groups in total. The van der Waals surface area contributed by atoms with Crippen molar-refractivity contribution in [2.24, 2.45) is 0 Å². The SMILES string of the molecule is CCOC(=O)c1nc(N)sc1-c1ccc(Cl)cc1. The fourth-order valence-electron chi connectivity index (χ4n) is 1.47. The minimum absolute atomic E-state index is 0.252. The molecular formula is C12H11ClN2O2S. The van der Waals surface area contributed by atoms with Crippen LogP contribution in [0.5, 0.6) is 0 Å². The van der Waals surface area contributed by atoms with Crippen molar-refractivity contribution in [3.05, 3.63) is 35.0 Å². The van der Waals surface area contributed by atoms with Gasteiger partial charge in [0.15, 0.2) is 10.8 Å². The number of ether oxygens (including phenoxy) is 1. The van der Waals surface area contributed by atoms with Gasteiger partial charge in [-0.1, -0.05) is 35.1 Å². The van der Waals surface area contributed by atoms with Gasteiger partial charge in [0.05, 0.1) is 11.5 Å². The number of thiazole rings is 1. The molecule has 0 saturated heterocycles. The Morgan fingerprint density at radius 2 is 2.11 bits per heavy atom. The highest BCUT2D eigenvalue weighted by atomic mass is 35.5. The van der Waals surface area contributed by atoms with Gasteiger partial charge in [0.2, 0.25) is 0 Å². The number of anilines is 1. The van der Waals surface area contributed by atoms with Crippen molar-refractivity contribution >= 4 is 34.0 Å². The molecule has 0 atom stereocenters. The molecule has 1 aromatic carbocycles. The summed E-state index contributed by atoms with van der Waals surface area (Å²) in [6.45, 7) is 2.05. The zero-order valence-electron chi connectivity index (χ0n) is 9.64. The van der Waals surface area contributed by atoms with Crippen molar-refractivity contribution in [1.29, 1.82) is 0 Å². The third-order valence-corrected chi connectivity index (χ3v) is 3.40. The molecule has 0 saturated carbocycles. The Kier molecular flexibility index (Phi) is 3.84. The highest BCUT2D eigenvalue weighted by molar-refractivity contribution is 7.19. The number of carbonyl (C=O) groups is 1. The molecule has 6 heteroatoms. The lowest BCUT2D eigenvalue weighted by molar-refractivity contribution is 0.0521. The molecule has 0 bridgehead atoms. The van der Waals surface area contributed by atoms with E-state index in [2.05, 4.69) is 4.98 Å². The minimum Gasteiger partial charge on any atom is -0.461 e. The number of halogens is 1. The van der Waals surface area contributed by atoms with Crippen molar-refractivity contribution < 1.29 is 9.53 Å². The first-order chi connectivity index (χ1) is 8.61. The van der Waals surface area contributed by atoms with Gasteiger partial charge < -0.3 is 10.5 Å². The normalized spacial score (nSPS) is 10.3. The summed E-state index contributed by atoms with van der Waals surface area (Å²) in [6, 6.07) is 7.14. The Balaban J connectivity index is 2.44. The van der Waals surface area contributed by atoms with E-state index in [1.165, 1.54) is 11.3 Å². The summed E-state index contributed by atoms with van der Waals surface area (Å²) < 4.78 is 4.95. The Bertz CT molecular complexity index is 566. The third-order valence-electron chi connectivity index (χ3n) is 2.22. The van der Waals surface area contributed by atoms with E-state index in [0.29, 0.717) is 21.6 Å². The van der Waals surface area contributed by atoms with Gasteiger partial charge in [0.25, 0.3) is 0 Å². The summed E-state index contributed by atoms with van der Waals surface area (Å²) in [5, 5.41) is 0.969. The van der Waals surface area contributed by atoms with E-state index >= 15 is 0 Å². The molecular weight excluding hydrogens is 272 g/mol. The maximum Gasteiger partial charge on any atom is 0.358 e. The van der Waals surface area contributed by atoms with E-state index in [1.807, 2.05) is 12.1 Å². The number of esters is 1. The van der Waals surface area contributed by atoms with Crippen LogP contribution >= 0.6 is 22.9 Å². The standard InChI is InChI=1S/C12H11ClN2O2S/c1-2-17-11(16)9-10(18-12(14)15-9)7-3-5-8(13)6-4-7/h3-6H,2H2,1H3,(H2,14,15). The second kappa shape index (κ2) is 5.37. The van der Waals surface area contributed by atoms with Gasteiger partial charge in [-0.3, -0.25) is 0 Å². The molecule has 18 heavy (non-hydrogen) atoms. The Hall–Kier alpha value is -1.59. The lowest BCUT2D eigenvalue weighted by Gasteiger charge is -2.02. The summed E-state index contributed by atoms with van der Waals surface area (Å²) in [4.78, 5) is 16.5. The second-order valence-electron chi connectivity index (χ2n) is 3.46. The van der Waals surface area contributed by atoms with Gasteiger partial charge in [-0.15, -0.1) is 0 Å². The molecule has 0 aliphatic heterocycles. The topological polar surface area (TPSA) is 65.2 Å². The number of nitrogens with two attached hydrogens (primary N) is 1. The maximum atomic E-state index is 11.8. The predicted molar refractivity (Wildman–Crippen MR) is 72.9 cm³/mol. The molecule has 1 heterocycles. The van der Waals surface area contributed by atoms with Gasteiger partial charge >= 0.3 is 5.97 Å². The largest absolute Gasteiger partial charge is 0.461 e. The van der Waals surface area contributed by atoms with Crippen LogP contribution in [0.15, 0.2) is 24.3 Å². The number of benzene rings is 1. The Morgan fingerprint density at radius 3 is 2.72 bits per heavy atom. The molecule has 0 aliphatic carbocycles. The number of carbonyl (C=O) groups excluding carboxylic acids is 1. The van der Waals surface area contributed by atoms with Crippen LogP contribution in [0.25, 0.3) is 10.4 Å². The monoisotopic (exact) mass is 282 g/mol. The van der Waals surface area contributed by atoms with Gasteiger partial charge in [0.1, 0.15) is 0 Å². The molecule has 2 aromatic rings. The number of rotatable bonds is 3. The van der Waals surface area contributed by atoms with E-state index in [4.69, 9.17) is 22.1 Å². The smallest absolute Gasteiger partial charge is 0.358 e. The highest BCUT2D eigenvalue weighted by Crippen LogP contribution is 2.32. The fraction of sp³-hybridized carbons (Fsp3) is 0.167. The van der Waals surface area contributed by atoms with Crippen LogP contribution in [0, 0.1) is 0 Å². The Labute approximate surface area is 113 Å². The molecule has 0 unspecified atom stereocenters. The van der Waals surface area contributed by atoms with Crippen LogP contribution < -0.4 is 5.73 Å². The van der Waals surface area contributed by atoms with Gasteiger partial charge in [0, 0.05) is 5.02 Å². The first-order valence-corrected chi connectivity index (χ1v) is 6.50. The average molecular weight is 283 g/mol. The lowest BCUT2D eigenvalue weighted by Crippen LogP contribution is -2.06. The molecule has 0 radical (unpaired) electrons. The second-order valence-corrected chi connectivity index (χ2v) is 4.92. The fourth-order valence-corrected chi connectivity index (χ4v) is 2.42. The molecule has 0 amide bonds. The maximum absolute atomic E-state index is 11.8. The number of nitrogens with zero attached hydrogens (tertiary/aromatic N) is 1. The molecule has 0 aliphatic rings. The molecule has 0 fully saturated rings. The van der Waals surface area contributed by atoms with E-state index in [1.54, 1.807) is 19.1 Å². The van der Waals surface area contributed by atoms with Crippen molar-refractivity contribution in [3.8, 4) is 10.4 Å². The van der Waals surface area contributed by atoms with Gasteiger partial charge in [-0.2, -0.15) is 0 Å². The third kappa shape index (κ3) is 2.63. The Morgan fingerprint density at radius 1 is 1.44 bits per heavy atom. The van der Waals surface area contributed by atoms with E-state index in [9.17, 15) is 4.79 Å². The zero-order valence-corrected chi connectivity index (χ0v) is 11.2. The first kappa shape index (κ1) is 12.9. The number of aromatic nitrogens is 1. The van der Waals surface area contributed by atoms with Gasteiger partial charge in [-0.05, 0) is 24.6 Å². The average Bonchev–Trinajstić information content (AvgIpc) is 2.73. The summed E-state index contributed by atoms with van der Waals surface area (Å²) in [5.41, 5.74) is 6.75.